The number of amides is 1. The summed E-state index contributed by atoms with van der Waals surface area (Å²) in [6, 6.07) is 13.7. The fourth-order valence-electron chi connectivity index (χ4n) is 3.52. The van der Waals surface area contributed by atoms with Crippen LogP contribution in [0.25, 0.3) is 16.6 Å². The van der Waals surface area contributed by atoms with Crippen molar-refractivity contribution in [1.82, 2.24) is 14.6 Å². The molecule has 1 amide bonds. The molecule has 0 bridgehead atoms. The van der Waals surface area contributed by atoms with Gasteiger partial charge in [0.2, 0.25) is 5.91 Å². The third-order valence-corrected chi connectivity index (χ3v) is 4.98. The van der Waals surface area contributed by atoms with E-state index in [0.29, 0.717) is 12.1 Å². The Balaban J connectivity index is 1.48. The van der Waals surface area contributed by atoms with Crippen LogP contribution in [0.5, 0.6) is 5.75 Å². The Kier molecular flexibility index (Phi) is 5.31. The first kappa shape index (κ1) is 19.8. The number of halogens is 2. The molecule has 30 heavy (non-hydrogen) atoms. The van der Waals surface area contributed by atoms with Gasteiger partial charge in [-0.2, -0.15) is 13.9 Å². The van der Waals surface area contributed by atoms with E-state index in [1.54, 1.807) is 0 Å². The molecular weight excluding hydrogens is 390 g/mol. The number of ether oxygens (including phenoxy) is 1. The van der Waals surface area contributed by atoms with Crippen LogP contribution >= 0.6 is 0 Å². The van der Waals surface area contributed by atoms with Gasteiger partial charge in [0, 0.05) is 28.9 Å². The van der Waals surface area contributed by atoms with Crippen LogP contribution in [0, 0.1) is 13.8 Å². The van der Waals surface area contributed by atoms with E-state index in [-0.39, 0.29) is 18.1 Å². The maximum atomic E-state index is 12.4. The highest BCUT2D eigenvalue weighted by Crippen LogP contribution is 2.23. The van der Waals surface area contributed by atoms with Crippen molar-refractivity contribution < 1.29 is 18.3 Å². The molecule has 0 aliphatic rings. The van der Waals surface area contributed by atoms with Crippen LogP contribution < -0.4 is 10.1 Å². The average Bonchev–Trinajstić information content (AvgIpc) is 3.08. The molecule has 0 saturated heterocycles. The Morgan fingerprint density at radius 2 is 1.87 bits per heavy atom. The summed E-state index contributed by atoms with van der Waals surface area (Å²) >= 11 is 0. The Bertz CT molecular complexity index is 1220. The molecule has 0 atom stereocenters. The number of rotatable bonds is 6. The number of nitrogens with one attached hydrogen (secondary N) is 1. The summed E-state index contributed by atoms with van der Waals surface area (Å²) in [4.78, 5) is 17.1. The number of aryl methyl sites for hydroxylation is 2. The van der Waals surface area contributed by atoms with Crippen molar-refractivity contribution in [1.29, 1.82) is 0 Å². The van der Waals surface area contributed by atoms with Gasteiger partial charge < -0.3 is 10.1 Å². The standard InChI is InChI=1S/C22H20F2N4O2/c1-13-17(14(2)28-21(25-13)18-5-3-4-6-19(18)27-28)11-12-20(29)26-15-7-9-16(10-8-15)30-22(23)24/h3-10,22H,11-12H2,1-2H3,(H,26,29). The molecule has 6 nitrogen and oxygen atoms in total. The van der Waals surface area contributed by atoms with Crippen molar-refractivity contribution in [3.8, 4) is 5.75 Å². The molecule has 0 aliphatic heterocycles. The molecule has 0 spiro atoms. The van der Waals surface area contributed by atoms with Gasteiger partial charge in [-0.3, -0.25) is 4.79 Å². The van der Waals surface area contributed by atoms with Gasteiger partial charge in [-0.1, -0.05) is 12.1 Å². The number of carbonyl (C=O) groups excluding carboxylic acids is 1. The van der Waals surface area contributed by atoms with Crippen molar-refractivity contribution in [2.24, 2.45) is 0 Å². The number of fused-ring (bicyclic) bond motifs is 3. The van der Waals surface area contributed by atoms with Gasteiger partial charge in [0.1, 0.15) is 5.75 Å². The van der Waals surface area contributed by atoms with Crippen LogP contribution in [0.15, 0.2) is 48.5 Å². The zero-order chi connectivity index (χ0) is 21.3. The first-order valence-corrected chi connectivity index (χ1v) is 9.50. The number of alkyl halides is 2. The van der Waals surface area contributed by atoms with E-state index in [4.69, 9.17) is 4.98 Å². The minimum absolute atomic E-state index is 0.0419. The molecule has 4 rings (SSSR count). The largest absolute Gasteiger partial charge is 0.435 e. The van der Waals surface area contributed by atoms with Crippen LogP contribution in [-0.2, 0) is 11.2 Å². The molecule has 0 aliphatic carbocycles. The van der Waals surface area contributed by atoms with Gasteiger partial charge in [0.15, 0.2) is 5.65 Å². The SMILES string of the molecule is Cc1nc2c3ccccc3nn2c(C)c1CCC(=O)Nc1ccc(OC(F)F)cc1. The van der Waals surface area contributed by atoms with Crippen LogP contribution in [0.1, 0.15) is 23.4 Å². The predicted octanol–water partition coefficient (Wildman–Crippen LogP) is 4.67. The second-order valence-corrected chi connectivity index (χ2v) is 6.96. The zero-order valence-electron chi connectivity index (χ0n) is 16.5. The number of nitrogens with zero attached hydrogens (tertiary/aromatic N) is 3. The Morgan fingerprint density at radius 1 is 1.13 bits per heavy atom. The number of benzene rings is 2. The summed E-state index contributed by atoms with van der Waals surface area (Å²) in [5.41, 5.74) is 5.00. The van der Waals surface area contributed by atoms with E-state index >= 15 is 0 Å². The lowest BCUT2D eigenvalue weighted by Crippen LogP contribution is -2.14. The second-order valence-electron chi connectivity index (χ2n) is 6.96. The molecule has 0 fully saturated rings. The highest BCUT2D eigenvalue weighted by atomic mass is 19.3. The van der Waals surface area contributed by atoms with Crippen LogP contribution in [0.3, 0.4) is 0 Å². The minimum Gasteiger partial charge on any atom is -0.435 e. The lowest BCUT2D eigenvalue weighted by atomic mass is 10.1. The molecule has 154 valence electrons. The predicted molar refractivity (Wildman–Crippen MR) is 110 cm³/mol. The van der Waals surface area contributed by atoms with Gasteiger partial charge in [0.25, 0.3) is 0 Å². The number of hydrogen-bond acceptors (Lipinski definition) is 4. The quantitative estimate of drug-likeness (QED) is 0.502. The summed E-state index contributed by atoms with van der Waals surface area (Å²) in [5.74, 6) is -0.137. The third kappa shape index (κ3) is 3.94. The average molecular weight is 410 g/mol. The van der Waals surface area contributed by atoms with Crippen molar-refractivity contribution in [3.63, 3.8) is 0 Å². The van der Waals surface area contributed by atoms with Crippen molar-refractivity contribution in [2.75, 3.05) is 5.32 Å². The molecule has 2 heterocycles. The minimum atomic E-state index is -2.88. The van der Waals surface area contributed by atoms with Gasteiger partial charge in [-0.25, -0.2) is 9.50 Å². The highest BCUT2D eigenvalue weighted by molar-refractivity contribution is 5.92. The first-order chi connectivity index (χ1) is 14.4. The normalized spacial score (nSPS) is 11.4. The molecule has 4 aromatic rings. The maximum Gasteiger partial charge on any atom is 0.387 e. The number of carbonyl (C=O) groups is 1. The molecule has 2 aromatic carbocycles. The summed E-state index contributed by atoms with van der Waals surface area (Å²) < 4.78 is 30.6. The van der Waals surface area contributed by atoms with E-state index in [0.717, 1.165) is 33.5 Å². The molecule has 0 radical (unpaired) electrons. The topological polar surface area (TPSA) is 68.5 Å². The summed E-state index contributed by atoms with van der Waals surface area (Å²) in [6.45, 7) is 1.03. The van der Waals surface area contributed by atoms with Gasteiger partial charge >= 0.3 is 6.61 Å². The molecule has 2 aromatic heterocycles. The van der Waals surface area contributed by atoms with Crippen molar-refractivity contribution in [2.45, 2.75) is 33.3 Å². The van der Waals surface area contributed by atoms with Gasteiger partial charge in [0.05, 0.1) is 5.52 Å². The smallest absolute Gasteiger partial charge is 0.387 e. The van der Waals surface area contributed by atoms with Gasteiger partial charge in [-0.05, 0) is 62.2 Å². The summed E-state index contributed by atoms with van der Waals surface area (Å²) in [7, 11) is 0. The maximum absolute atomic E-state index is 12.4. The lowest BCUT2D eigenvalue weighted by molar-refractivity contribution is -0.116. The van der Waals surface area contributed by atoms with Crippen molar-refractivity contribution in [3.05, 3.63) is 65.5 Å². The Labute approximate surface area is 171 Å². The van der Waals surface area contributed by atoms with E-state index < -0.39 is 6.61 Å². The monoisotopic (exact) mass is 410 g/mol. The molecule has 1 N–H and O–H groups in total. The van der Waals surface area contributed by atoms with Crippen LogP contribution in [-0.4, -0.2) is 27.1 Å². The molecular formula is C22H20F2N4O2. The summed E-state index contributed by atoms with van der Waals surface area (Å²) in [5, 5.41) is 8.39. The van der Waals surface area contributed by atoms with Gasteiger partial charge in [-0.15, -0.1) is 0 Å². The van der Waals surface area contributed by atoms with Crippen LogP contribution in [0.4, 0.5) is 14.5 Å². The summed E-state index contributed by atoms with van der Waals surface area (Å²) in [6.07, 6.45) is 0.764. The van der Waals surface area contributed by atoms with E-state index in [1.165, 1.54) is 24.3 Å². The molecule has 8 heteroatoms. The Morgan fingerprint density at radius 3 is 2.60 bits per heavy atom. The van der Waals surface area contributed by atoms with E-state index in [9.17, 15) is 13.6 Å². The lowest BCUT2D eigenvalue weighted by Gasteiger charge is -2.11. The van der Waals surface area contributed by atoms with Crippen LogP contribution in [0.2, 0.25) is 0 Å². The Hall–Kier alpha value is -3.55. The fourth-order valence-corrected chi connectivity index (χ4v) is 3.52. The number of aromatic nitrogens is 3. The first-order valence-electron chi connectivity index (χ1n) is 9.50. The third-order valence-electron chi connectivity index (χ3n) is 4.98. The highest BCUT2D eigenvalue weighted by Gasteiger charge is 2.15. The zero-order valence-corrected chi connectivity index (χ0v) is 16.5. The number of anilines is 1. The fraction of sp³-hybridized carbons (Fsp3) is 0.227. The molecule has 0 unspecified atom stereocenters. The molecule has 0 saturated carbocycles. The van der Waals surface area contributed by atoms with E-state index in [2.05, 4.69) is 15.2 Å². The van der Waals surface area contributed by atoms with Crippen molar-refractivity contribution >= 4 is 28.1 Å². The second kappa shape index (κ2) is 8.06. The number of hydrogen-bond donors (Lipinski definition) is 1. The van der Waals surface area contributed by atoms with E-state index in [1.807, 2.05) is 42.6 Å².